The van der Waals surface area contributed by atoms with Gasteiger partial charge in [-0.05, 0) is 59.7 Å². The van der Waals surface area contributed by atoms with Crippen molar-refractivity contribution in [3.8, 4) is 17.2 Å². The number of aryl methyl sites for hydroxylation is 1. The maximum absolute atomic E-state index is 12.5. The molecule has 1 aliphatic carbocycles. The second-order valence-corrected chi connectivity index (χ2v) is 7.05. The van der Waals surface area contributed by atoms with Crippen molar-refractivity contribution in [1.82, 2.24) is 4.90 Å². The summed E-state index contributed by atoms with van der Waals surface area (Å²) in [7, 11) is 1.67. The third kappa shape index (κ3) is 2.55. The van der Waals surface area contributed by atoms with E-state index >= 15 is 0 Å². The van der Waals surface area contributed by atoms with Crippen molar-refractivity contribution in [2.45, 2.75) is 31.2 Å². The van der Waals surface area contributed by atoms with Gasteiger partial charge in [-0.1, -0.05) is 24.3 Å². The maximum atomic E-state index is 12.5. The molecule has 0 unspecified atom stereocenters. The van der Waals surface area contributed by atoms with Gasteiger partial charge in [0.05, 0.1) is 23.6 Å². The Bertz CT molecular complexity index is 972. The van der Waals surface area contributed by atoms with Gasteiger partial charge in [0.2, 0.25) is 5.91 Å². The molecule has 5 heteroatoms. The Hall–Kier alpha value is -3.13. The van der Waals surface area contributed by atoms with Gasteiger partial charge in [-0.25, -0.2) is 4.99 Å². The molecule has 26 heavy (non-hydrogen) atoms. The van der Waals surface area contributed by atoms with E-state index in [4.69, 9.17) is 16.0 Å². The summed E-state index contributed by atoms with van der Waals surface area (Å²) >= 11 is 0. The highest BCUT2D eigenvalue weighted by Gasteiger charge is 2.42. The summed E-state index contributed by atoms with van der Waals surface area (Å²) in [6.07, 6.45) is 3.14. The van der Waals surface area contributed by atoms with E-state index in [1.807, 2.05) is 18.2 Å². The average Bonchev–Trinajstić information content (AvgIpc) is 2.66. The maximum Gasteiger partial charge on any atom is 0.231 e. The molecule has 2 aromatic rings. The Balaban J connectivity index is 1.86. The lowest BCUT2D eigenvalue weighted by Gasteiger charge is -2.40. The standard InChI is InChI=1S/C21H20N4O/c1-25-19(26)12-21(24-20(25)23)9-3-6-15-7-8-17(11-18(15)21)16-5-2-4-14(10-16)13-22/h2,4-5,7-8,10-11H,3,6,9,12H2,1H3,(H2,23,24)/t21-/m0/s1. The molecule has 5 nitrogen and oxygen atoms in total. The van der Waals surface area contributed by atoms with Crippen LogP contribution in [0.2, 0.25) is 0 Å². The normalized spacial score (nSPS) is 21.9. The van der Waals surface area contributed by atoms with Gasteiger partial charge in [0, 0.05) is 7.05 Å². The minimum Gasteiger partial charge on any atom is -0.369 e. The fourth-order valence-electron chi connectivity index (χ4n) is 4.01. The van der Waals surface area contributed by atoms with Crippen LogP contribution in [-0.2, 0) is 16.8 Å². The van der Waals surface area contributed by atoms with Gasteiger partial charge in [-0.15, -0.1) is 0 Å². The molecule has 0 fully saturated rings. The van der Waals surface area contributed by atoms with Gasteiger partial charge >= 0.3 is 0 Å². The number of benzene rings is 2. The first-order chi connectivity index (χ1) is 12.5. The van der Waals surface area contributed by atoms with Crippen LogP contribution in [0.5, 0.6) is 0 Å². The molecule has 1 spiro atoms. The smallest absolute Gasteiger partial charge is 0.231 e. The predicted octanol–water partition coefficient (Wildman–Crippen LogP) is 2.93. The highest BCUT2D eigenvalue weighted by molar-refractivity contribution is 5.99. The lowest BCUT2D eigenvalue weighted by Crippen LogP contribution is -2.49. The fraction of sp³-hybridized carbons (Fsp3) is 0.286. The van der Waals surface area contributed by atoms with E-state index in [0.29, 0.717) is 12.0 Å². The second-order valence-electron chi connectivity index (χ2n) is 7.05. The van der Waals surface area contributed by atoms with Crippen molar-refractivity contribution < 1.29 is 4.79 Å². The lowest BCUT2D eigenvalue weighted by molar-refractivity contribution is -0.128. The zero-order chi connectivity index (χ0) is 18.3. The largest absolute Gasteiger partial charge is 0.369 e. The van der Waals surface area contributed by atoms with Crippen molar-refractivity contribution in [3.05, 3.63) is 59.2 Å². The van der Waals surface area contributed by atoms with Crippen LogP contribution in [0.1, 0.15) is 36.0 Å². The van der Waals surface area contributed by atoms with Gasteiger partial charge in [0.25, 0.3) is 0 Å². The Kier molecular flexibility index (Phi) is 3.77. The molecule has 4 rings (SSSR count). The summed E-state index contributed by atoms with van der Waals surface area (Å²) in [6, 6.07) is 16.1. The van der Waals surface area contributed by atoms with E-state index < -0.39 is 5.54 Å². The molecule has 1 heterocycles. The number of nitrogens with zero attached hydrogens (tertiary/aromatic N) is 3. The van der Waals surface area contributed by atoms with E-state index in [1.54, 1.807) is 13.1 Å². The average molecular weight is 344 g/mol. The monoisotopic (exact) mass is 344 g/mol. The first kappa shape index (κ1) is 16.3. The van der Waals surface area contributed by atoms with E-state index in [9.17, 15) is 4.79 Å². The minimum atomic E-state index is -0.565. The Morgan fingerprint density at radius 2 is 2.04 bits per heavy atom. The lowest BCUT2D eigenvalue weighted by atomic mass is 9.73. The summed E-state index contributed by atoms with van der Waals surface area (Å²) in [6.45, 7) is 0. The molecule has 1 atom stereocenters. The predicted molar refractivity (Wildman–Crippen MR) is 100 cm³/mol. The van der Waals surface area contributed by atoms with Crippen LogP contribution < -0.4 is 5.73 Å². The number of rotatable bonds is 1. The van der Waals surface area contributed by atoms with Crippen LogP contribution in [0.25, 0.3) is 11.1 Å². The molecule has 2 aliphatic rings. The number of carbonyl (C=O) groups excluding carboxylic acids is 1. The summed E-state index contributed by atoms with van der Waals surface area (Å²) in [4.78, 5) is 18.6. The highest BCUT2D eigenvalue weighted by atomic mass is 16.2. The summed E-state index contributed by atoms with van der Waals surface area (Å²) in [5, 5.41) is 9.16. The first-order valence-corrected chi connectivity index (χ1v) is 8.78. The zero-order valence-corrected chi connectivity index (χ0v) is 14.7. The number of hydrogen-bond acceptors (Lipinski definition) is 4. The number of nitriles is 1. The molecule has 130 valence electrons. The number of amides is 1. The van der Waals surface area contributed by atoms with Crippen molar-refractivity contribution in [2.75, 3.05) is 7.05 Å². The SMILES string of the molecule is CN1C(=O)C[C@]2(CCCc3ccc(-c4cccc(C#N)c4)cc32)N=C1N. The quantitative estimate of drug-likeness (QED) is 0.863. The molecule has 2 aromatic carbocycles. The zero-order valence-electron chi connectivity index (χ0n) is 14.7. The van der Waals surface area contributed by atoms with E-state index in [0.717, 1.165) is 36.0 Å². The van der Waals surface area contributed by atoms with Crippen molar-refractivity contribution >= 4 is 11.9 Å². The molecular formula is C21H20N4O. The van der Waals surface area contributed by atoms with Gasteiger partial charge in [0.1, 0.15) is 0 Å². The molecule has 0 saturated heterocycles. The van der Waals surface area contributed by atoms with Crippen LogP contribution in [0, 0.1) is 11.3 Å². The van der Waals surface area contributed by atoms with Crippen LogP contribution in [0.4, 0.5) is 0 Å². The van der Waals surface area contributed by atoms with Crippen molar-refractivity contribution in [1.29, 1.82) is 5.26 Å². The van der Waals surface area contributed by atoms with Crippen LogP contribution in [0.3, 0.4) is 0 Å². The van der Waals surface area contributed by atoms with Crippen molar-refractivity contribution in [2.24, 2.45) is 10.7 Å². The Morgan fingerprint density at radius 3 is 2.81 bits per heavy atom. The number of hydrogen-bond donors (Lipinski definition) is 1. The summed E-state index contributed by atoms with van der Waals surface area (Å²) in [5.41, 5.74) is 10.4. The molecule has 2 N–H and O–H groups in total. The third-order valence-electron chi connectivity index (χ3n) is 5.46. The topological polar surface area (TPSA) is 82.5 Å². The van der Waals surface area contributed by atoms with Crippen molar-refractivity contribution in [3.63, 3.8) is 0 Å². The molecule has 0 saturated carbocycles. The Labute approximate surface area is 152 Å². The number of nitrogens with two attached hydrogens (primary N) is 1. The van der Waals surface area contributed by atoms with E-state index in [-0.39, 0.29) is 11.9 Å². The number of fused-ring (bicyclic) bond motifs is 2. The Morgan fingerprint density at radius 1 is 1.23 bits per heavy atom. The number of guanidine groups is 1. The third-order valence-corrected chi connectivity index (χ3v) is 5.46. The highest BCUT2D eigenvalue weighted by Crippen LogP contribution is 2.44. The van der Waals surface area contributed by atoms with Gasteiger partial charge in [0.15, 0.2) is 5.96 Å². The molecular weight excluding hydrogens is 324 g/mol. The number of carbonyl (C=O) groups is 1. The van der Waals surface area contributed by atoms with Gasteiger partial charge in [-0.3, -0.25) is 9.69 Å². The molecule has 0 bridgehead atoms. The minimum absolute atomic E-state index is 0.00207. The van der Waals surface area contributed by atoms with Gasteiger partial charge in [-0.2, -0.15) is 5.26 Å². The first-order valence-electron chi connectivity index (χ1n) is 8.78. The van der Waals surface area contributed by atoms with Crippen LogP contribution >= 0.6 is 0 Å². The van der Waals surface area contributed by atoms with Crippen LogP contribution in [0.15, 0.2) is 47.5 Å². The van der Waals surface area contributed by atoms with E-state index in [1.165, 1.54) is 10.5 Å². The molecule has 0 radical (unpaired) electrons. The van der Waals surface area contributed by atoms with Crippen LogP contribution in [-0.4, -0.2) is 23.8 Å². The fourth-order valence-corrected chi connectivity index (χ4v) is 4.01. The summed E-state index contributed by atoms with van der Waals surface area (Å²) in [5.74, 6) is 0.285. The van der Waals surface area contributed by atoms with Gasteiger partial charge < -0.3 is 5.73 Å². The number of aliphatic imine (C=N–C) groups is 1. The second kappa shape index (κ2) is 5.99. The molecule has 1 amide bonds. The summed E-state index contributed by atoms with van der Waals surface area (Å²) < 4.78 is 0. The molecule has 1 aliphatic heterocycles. The molecule has 0 aromatic heterocycles. The van der Waals surface area contributed by atoms with E-state index in [2.05, 4.69) is 24.3 Å².